The van der Waals surface area contributed by atoms with Crippen LogP contribution in [-0.4, -0.2) is 19.6 Å². The quantitative estimate of drug-likeness (QED) is 0.666. The molecule has 3 aromatic rings. The summed E-state index contributed by atoms with van der Waals surface area (Å²) >= 11 is 18.6. The van der Waals surface area contributed by atoms with Gasteiger partial charge in [0, 0.05) is 5.69 Å². The van der Waals surface area contributed by atoms with E-state index in [1.165, 1.54) is 0 Å². The number of hydrogen-bond acceptors (Lipinski definition) is 3. The predicted octanol–water partition coefficient (Wildman–Crippen LogP) is 4.37. The second-order valence-electron chi connectivity index (χ2n) is 4.35. The van der Waals surface area contributed by atoms with E-state index < -0.39 is 0 Å². The van der Waals surface area contributed by atoms with Crippen LogP contribution in [0, 0.1) is 13.8 Å². The standard InChI is InChI=1S/C13H9Cl3N4/c1-6-7(2)20-12(18-19-13(20)11(16)17-6)10-8(14)4-3-5-9(10)15/h3-5H,1-2H3. The lowest BCUT2D eigenvalue weighted by Crippen LogP contribution is -2.01. The van der Waals surface area contributed by atoms with Crippen LogP contribution in [0.25, 0.3) is 17.0 Å². The van der Waals surface area contributed by atoms with Crippen LogP contribution in [0.3, 0.4) is 0 Å². The van der Waals surface area contributed by atoms with Crippen LogP contribution < -0.4 is 0 Å². The van der Waals surface area contributed by atoms with Gasteiger partial charge in [0.05, 0.1) is 21.3 Å². The third-order valence-electron chi connectivity index (χ3n) is 3.16. The molecule has 0 aliphatic carbocycles. The number of hydrogen-bond donors (Lipinski definition) is 0. The Bertz CT molecular complexity index is 806. The van der Waals surface area contributed by atoms with Crippen molar-refractivity contribution in [3.8, 4) is 11.4 Å². The average molecular weight is 328 g/mol. The topological polar surface area (TPSA) is 43.1 Å². The molecule has 0 unspecified atom stereocenters. The first-order valence-corrected chi connectivity index (χ1v) is 6.96. The summed E-state index contributed by atoms with van der Waals surface area (Å²) < 4.78 is 1.82. The summed E-state index contributed by atoms with van der Waals surface area (Å²) in [6.07, 6.45) is 0. The molecule has 0 saturated heterocycles. The fourth-order valence-corrected chi connectivity index (χ4v) is 2.86. The molecule has 4 nitrogen and oxygen atoms in total. The van der Waals surface area contributed by atoms with Crippen LogP contribution >= 0.6 is 34.8 Å². The molecule has 0 atom stereocenters. The molecule has 102 valence electrons. The third kappa shape index (κ3) is 1.95. The van der Waals surface area contributed by atoms with Gasteiger partial charge in [-0.2, -0.15) is 0 Å². The first kappa shape index (κ1) is 13.6. The highest BCUT2D eigenvalue weighted by Crippen LogP contribution is 2.34. The molecule has 7 heteroatoms. The molecule has 2 aromatic heterocycles. The molecule has 1 aromatic carbocycles. The Morgan fingerprint density at radius 2 is 1.65 bits per heavy atom. The molecule has 0 aliphatic rings. The molecule has 0 radical (unpaired) electrons. The van der Waals surface area contributed by atoms with Gasteiger partial charge in [-0.05, 0) is 26.0 Å². The molecule has 0 spiro atoms. The van der Waals surface area contributed by atoms with Gasteiger partial charge in [0.15, 0.2) is 16.6 Å². The maximum Gasteiger partial charge on any atom is 0.199 e. The molecule has 0 bridgehead atoms. The van der Waals surface area contributed by atoms with Crippen LogP contribution in [0.5, 0.6) is 0 Å². The summed E-state index contributed by atoms with van der Waals surface area (Å²) in [5.74, 6) is 0.556. The van der Waals surface area contributed by atoms with Crippen molar-refractivity contribution in [2.24, 2.45) is 0 Å². The van der Waals surface area contributed by atoms with E-state index in [4.69, 9.17) is 34.8 Å². The highest BCUT2D eigenvalue weighted by Gasteiger charge is 2.19. The first-order chi connectivity index (χ1) is 9.50. The number of benzene rings is 1. The van der Waals surface area contributed by atoms with Gasteiger partial charge in [0.2, 0.25) is 0 Å². The van der Waals surface area contributed by atoms with Gasteiger partial charge in [-0.1, -0.05) is 40.9 Å². The summed E-state index contributed by atoms with van der Waals surface area (Å²) in [5, 5.41) is 9.57. The highest BCUT2D eigenvalue weighted by molar-refractivity contribution is 6.39. The largest absolute Gasteiger partial charge is 0.275 e. The molecule has 0 N–H and O–H groups in total. The molecule has 20 heavy (non-hydrogen) atoms. The second kappa shape index (κ2) is 4.88. The Hall–Kier alpha value is -1.36. The zero-order chi connectivity index (χ0) is 14.4. The van der Waals surface area contributed by atoms with Gasteiger partial charge < -0.3 is 0 Å². The van der Waals surface area contributed by atoms with Gasteiger partial charge in [-0.15, -0.1) is 10.2 Å². The smallest absolute Gasteiger partial charge is 0.199 e. The van der Waals surface area contributed by atoms with Crippen molar-refractivity contribution in [2.75, 3.05) is 0 Å². The van der Waals surface area contributed by atoms with E-state index in [9.17, 15) is 0 Å². The molecular formula is C13H9Cl3N4. The fraction of sp³-hybridized carbons (Fsp3) is 0.154. The van der Waals surface area contributed by atoms with Gasteiger partial charge in [0.1, 0.15) is 0 Å². The molecule has 0 amide bonds. The lowest BCUT2D eigenvalue weighted by atomic mass is 10.2. The van der Waals surface area contributed by atoms with Gasteiger partial charge >= 0.3 is 0 Å². The van der Waals surface area contributed by atoms with E-state index in [0.717, 1.165) is 11.4 Å². The number of aryl methyl sites for hydroxylation is 2. The molecule has 2 heterocycles. The van der Waals surface area contributed by atoms with Crippen molar-refractivity contribution in [3.05, 3.63) is 44.8 Å². The minimum atomic E-state index is 0.301. The Labute approximate surface area is 130 Å². The summed E-state index contributed by atoms with van der Waals surface area (Å²) in [5.41, 5.74) is 2.81. The number of rotatable bonds is 1. The summed E-state index contributed by atoms with van der Waals surface area (Å²) in [7, 11) is 0. The van der Waals surface area contributed by atoms with Crippen molar-refractivity contribution >= 4 is 40.4 Å². The number of fused-ring (bicyclic) bond motifs is 1. The maximum atomic E-state index is 6.24. The van der Waals surface area contributed by atoms with E-state index in [0.29, 0.717) is 32.2 Å². The van der Waals surface area contributed by atoms with Crippen molar-refractivity contribution in [2.45, 2.75) is 13.8 Å². The fourth-order valence-electron chi connectivity index (χ4n) is 2.05. The average Bonchev–Trinajstić information content (AvgIpc) is 2.81. The first-order valence-electron chi connectivity index (χ1n) is 5.83. The summed E-state index contributed by atoms with van der Waals surface area (Å²) in [4.78, 5) is 4.23. The van der Waals surface area contributed by atoms with Gasteiger partial charge in [-0.25, -0.2) is 4.98 Å². The minimum Gasteiger partial charge on any atom is -0.275 e. The highest BCUT2D eigenvalue weighted by atomic mass is 35.5. The molecule has 0 fully saturated rings. The van der Waals surface area contributed by atoms with E-state index in [1.807, 2.05) is 18.2 Å². The van der Waals surface area contributed by atoms with E-state index in [-0.39, 0.29) is 0 Å². The van der Waals surface area contributed by atoms with E-state index in [1.54, 1.807) is 18.2 Å². The van der Waals surface area contributed by atoms with Crippen molar-refractivity contribution < 1.29 is 0 Å². The van der Waals surface area contributed by atoms with Crippen molar-refractivity contribution in [3.63, 3.8) is 0 Å². The SMILES string of the molecule is Cc1nc(Cl)c2nnc(-c3c(Cl)cccc3Cl)n2c1C. The molecule has 0 aliphatic heterocycles. The zero-order valence-electron chi connectivity index (χ0n) is 10.7. The summed E-state index contributed by atoms with van der Waals surface area (Å²) in [6, 6.07) is 5.30. The van der Waals surface area contributed by atoms with E-state index in [2.05, 4.69) is 15.2 Å². The minimum absolute atomic E-state index is 0.301. The monoisotopic (exact) mass is 326 g/mol. The van der Waals surface area contributed by atoms with Gasteiger partial charge in [0.25, 0.3) is 0 Å². The van der Waals surface area contributed by atoms with Crippen LogP contribution in [-0.2, 0) is 0 Å². The number of halogens is 3. The Kier molecular flexibility index (Phi) is 3.32. The lowest BCUT2D eigenvalue weighted by Gasteiger charge is -2.09. The Morgan fingerprint density at radius 3 is 2.30 bits per heavy atom. The van der Waals surface area contributed by atoms with Crippen molar-refractivity contribution in [1.29, 1.82) is 0 Å². The third-order valence-corrected chi connectivity index (χ3v) is 4.04. The zero-order valence-corrected chi connectivity index (χ0v) is 12.9. The van der Waals surface area contributed by atoms with Crippen LogP contribution in [0.15, 0.2) is 18.2 Å². The number of aromatic nitrogens is 4. The lowest BCUT2D eigenvalue weighted by molar-refractivity contribution is 1.000. The molecule has 0 saturated carbocycles. The Morgan fingerprint density at radius 1 is 1.00 bits per heavy atom. The second-order valence-corrected chi connectivity index (χ2v) is 5.53. The normalized spacial score (nSPS) is 11.2. The predicted molar refractivity (Wildman–Crippen MR) is 80.7 cm³/mol. The van der Waals surface area contributed by atoms with E-state index >= 15 is 0 Å². The molecular weight excluding hydrogens is 319 g/mol. The van der Waals surface area contributed by atoms with Crippen LogP contribution in [0.2, 0.25) is 15.2 Å². The maximum absolute atomic E-state index is 6.24. The number of nitrogens with zero attached hydrogens (tertiary/aromatic N) is 4. The summed E-state index contributed by atoms with van der Waals surface area (Å²) in [6.45, 7) is 3.79. The van der Waals surface area contributed by atoms with Crippen LogP contribution in [0.4, 0.5) is 0 Å². The van der Waals surface area contributed by atoms with Gasteiger partial charge in [-0.3, -0.25) is 4.40 Å². The molecule has 3 rings (SSSR count). The Balaban J connectivity index is 2.45. The van der Waals surface area contributed by atoms with Crippen molar-refractivity contribution in [1.82, 2.24) is 19.6 Å². The van der Waals surface area contributed by atoms with Crippen LogP contribution in [0.1, 0.15) is 11.4 Å².